The van der Waals surface area contributed by atoms with Gasteiger partial charge in [0.15, 0.2) is 0 Å². The summed E-state index contributed by atoms with van der Waals surface area (Å²) in [6.45, 7) is -0.872. The van der Waals surface area contributed by atoms with Crippen molar-refractivity contribution in [3.05, 3.63) is 61.2 Å². The van der Waals surface area contributed by atoms with E-state index in [0.717, 1.165) is 6.07 Å². The molecule has 0 saturated heterocycles. The van der Waals surface area contributed by atoms with E-state index in [1.807, 2.05) is 0 Å². The Bertz CT molecular complexity index is 1550. The van der Waals surface area contributed by atoms with Gasteiger partial charge >= 0.3 is 5.97 Å². The molecular formula is C28H32IN7O11. The molecule has 0 spiro atoms. The number of benzene rings is 2. The maximum Gasteiger partial charge on any atom is 0.305 e. The average Bonchev–Trinajstić information content (AvgIpc) is 3.01. The van der Waals surface area contributed by atoms with Gasteiger partial charge in [-0.1, -0.05) is 12.1 Å². The SMILES string of the molecule is NC(=O)C(CC(=O)O)NC(=O)[C@@H]1CCCNc2c(I)cc([N+](=O)[O-])cc2C(=O)N[C@@H](CO)C(=O)N[C@@H](Cc2ccc(O)cc2)C(=O)N1. The summed E-state index contributed by atoms with van der Waals surface area (Å²) in [4.78, 5) is 87.4. The van der Waals surface area contributed by atoms with Crippen molar-refractivity contribution in [1.82, 2.24) is 21.3 Å². The van der Waals surface area contributed by atoms with E-state index in [1.54, 1.807) is 22.6 Å². The van der Waals surface area contributed by atoms with E-state index in [9.17, 15) is 49.1 Å². The van der Waals surface area contributed by atoms with Crippen LogP contribution in [-0.2, 0) is 30.4 Å². The van der Waals surface area contributed by atoms with Gasteiger partial charge in [-0.25, -0.2) is 0 Å². The topological polar surface area (TPSA) is 292 Å². The third kappa shape index (κ3) is 10.2. The Morgan fingerprint density at radius 1 is 1.06 bits per heavy atom. The van der Waals surface area contributed by atoms with Gasteiger partial charge in [0.2, 0.25) is 23.6 Å². The number of nitro benzene ring substituents is 1. The smallest absolute Gasteiger partial charge is 0.305 e. The molecule has 1 heterocycles. The number of aliphatic hydroxyl groups is 1. The van der Waals surface area contributed by atoms with Crippen molar-refractivity contribution in [1.29, 1.82) is 0 Å². The highest BCUT2D eigenvalue weighted by atomic mass is 127. The lowest BCUT2D eigenvalue weighted by molar-refractivity contribution is -0.385. The van der Waals surface area contributed by atoms with Crippen LogP contribution in [0.4, 0.5) is 11.4 Å². The van der Waals surface area contributed by atoms with Crippen molar-refractivity contribution in [2.45, 2.75) is 49.9 Å². The number of aliphatic carboxylic acids is 1. The Balaban J connectivity index is 2.04. The lowest BCUT2D eigenvalue weighted by atomic mass is 10.0. The second kappa shape index (κ2) is 16.5. The van der Waals surface area contributed by atoms with Crippen LogP contribution in [0.25, 0.3) is 0 Å². The third-order valence-electron chi connectivity index (χ3n) is 6.99. The number of phenolic OH excluding ortho intramolecular Hbond substituents is 1. The normalized spacial score (nSPS) is 19.6. The number of aliphatic hydroxyl groups excluding tert-OH is 1. The molecule has 0 fully saturated rings. The number of nitro groups is 1. The van der Waals surface area contributed by atoms with Gasteiger partial charge in [0, 0.05) is 28.7 Å². The number of carbonyl (C=O) groups excluding carboxylic acids is 5. The van der Waals surface area contributed by atoms with Crippen LogP contribution >= 0.6 is 22.6 Å². The van der Waals surface area contributed by atoms with Crippen molar-refractivity contribution in [3.63, 3.8) is 0 Å². The maximum atomic E-state index is 13.6. The Kier molecular flexibility index (Phi) is 12.8. The number of anilines is 1. The van der Waals surface area contributed by atoms with Crippen LogP contribution in [0.2, 0.25) is 0 Å². The summed E-state index contributed by atoms with van der Waals surface area (Å²) in [6, 6.07) is 1.79. The lowest BCUT2D eigenvalue weighted by Gasteiger charge is -2.25. The number of rotatable bonds is 9. The number of carboxylic acid groups (broad SMARTS) is 1. The van der Waals surface area contributed by atoms with E-state index in [4.69, 9.17) is 10.8 Å². The molecule has 0 radical (unpaired) electrons. The molecule has 1 unspecified atom stereocenters. The minimum absolute atomic E-state index is 0.0552. The molecule has 0 bridgehead atoms. The van der Waals surface area contributed by atoms with E-state index in [2.05, 4.69) is 26.6 Å². The highest BCUT2D eigenvalue weighted by Crippen LogP contribution is 2.29. The molecule has 10 N–H and O–H groups in total. The monoisotopic (exact) mass is 769 g/mol. The van der Waals surface area contributed by atoms with Crippen molar-refractivity contribution in [2.75, 3.05) is 18.5 Å². The summed E-state index contributed by atoms with van der Waals surface area (Å²) in [6.07, 6.45) is -0.988. The van der Waals surface area contributed by atoms with Gasteiger partial charge in [0.05, 0.1) is 29.2 Å². The summed E-state index contributed by atoms with van der Waals surface area (Å²) in [5.41, 5.74) is 5.25. The first-order valence-electron chi connectivity index (χ1n) is 14.0. The fourth-order valence-electron chi connectivity index (χ4n) is 4.57. The summed E-state index contributed by atoms with van der Waals surface area (Å²) in [5, 5.41) is 52.8. The Hall–Kier alpha value is -5.05. The predicted molar refractivity (Wildman–Crippen MR) is 171 cm³/mol. The van der Waals surface area contributed by atoms with Gasteiger partial charge in [-0.2, -0.15) is 0 Å². The van der Waals surface area contributed by atoms with Gasteiger partial charge in [-0.05, 0) is 53.1 Å². The standard InChI is InChI=1S/C28H32IN7O11/c29-17-10-14(36(46)47)9-16-23(17)31-7-1-2-18(26(43)33-19(24(30)41)11-22(39)40)32-27(44)20(8-13-3-5-15(38)6-4-13)34-28(45)21(12-37)35-25(16)42/h3-6,9-10,18-21,31,37-38H,1-2,7-8,11-12H2,(H2,30,41)(H,32,44)(H,33,43)(H,34,45)(H,35,42)(H,39,40)/t18-,19?,20-,21-/m0/s1. The highest BCUT2D eigenvalue weighted by Gasteiger charge is 2.32. The second-order valence-electron chi connectivity index (χ2n) is 10.4. The molecule has 18 nitrogen and oxygen atoms in total. The van der Waals surface area contributed by atoms with Crippen molar-refractivity contribution < 1.29 is 49.0 Å². The molecule has 47 heavy (non-hydrogen) atoms. The van der Waals surface area contributed by atoms with Gasteiger partial charge in [-0.15, -0.1) is 0 Å². The molecular weight excluding hydrogens is 737 g/mol. The van der Waals surface area contributed by atoms with Crippen LogP contribution in [0.15, 0.2) is 36.4 Å². The predicted octanol–water partition coefficient (Wildman–Crippen LogP) is -1.14. The number of hydrogen-bond donors (Lipinski definition) is 9. The largest absolute Gasteiger partial charge is 0.508 e. The number of nitrogens with one attached hydrogen (secondary N) is 5. The Labute approximate surface area is 280 Å². The molecule has 4 atom stereocenters. The zero-order chi connectivity index (χ0) is 34.8. The number of nitrogens with zero attached hydrogens (tertiary/aromatic N) is 1. The first kappa shape index (κ1) is 36.4. The fraction of sp³-hybridized carbons (Fsp3) is 0.357. The number of carboxylic acids is 1. The summed E-state index contributed by atoms with van der Waals surface area (Å²) in [5.74, 6) is -6.41. The van der Waals surface area contributed by atoms with Crippen molar-refractivity contribution >= 4 is 69.5 Å². The number of amides is 5. The highest BCUT2D eigenvalue weighted by molar-refractivity contribution is 14.1. The number of carbonyl (C=O) groups is 6. The van der Waals surface area contributed by atoms with Crippen LogP contribution in [0.1, 0.15) is 35.2 Å². The molecule has 1 aliphatic rings. The summed E-state index contributed by atoms with van der Waals surface area (Å²) >= 11 is 1.78. The number of phenols is 1. The first-order valence-corrected chi connectivity index (χ1v) is 15.1. The number of primary amides is 1. The van der Waals surface area contributed by atoms with Crippen molar-refractivity contribution in [3.8, 4) is 5.75 Å². The zero-order valence-corrected chi connectivity index (χ0v) is 26.7. The Morgan fingerprint density at radius 2 is 1.72 bits per heavy atom. The third-order valence-corrected chi connectivity index (χ3v) is 7.84. The van der Waals surface area contributed by atoms with Crippen LogP contribution in [0.5, 0.6) is 5.75 Å². The number of halogens is 1. The summed E-state index contributed by atoms with van der Waals surface area (Å²) < 4.78 is 0.269. The van der Waals surface area contributed by atoms with Gasteiger partial charge in [0.25, 0.3) is 11.6 Å². The fourth-order valence-corrected chi connectivity index (χ4v) is 5.37. The molecule has 0 aromatic heterocycles. The average molecular weight is 770 g/mol. The van der Waals surface area contributed by atoms with Crippen LogP contribution in [0.3, 0.4) is 0 Å². The number of hydrogen-bond acceptors (Lipinski definition) is 11. The van der Waals surface area contributed by atoms with Crippen molar-refractivity contribution in [2.24, 2.45) is 5.73 Å². The van der Waals surface area contributed by atoms with E-state index in [-0.39, 0.29) is 46.4 Å². The molecule has 0 saturated carbocycles. The maximum absolute atomic E-state index is 13.6. The van der Waals surface area contributed by atoms with Gasteiger partial charge in [0.1, 0.15) is 29.9 Å². The minimum atomic E-state index is -1.63. The van der Waals surface area contributed by atoms with Crippen LogP contribution < -0.4 is 32.3 Å². The molecule has 0 aliphatic carbocycles. The van der Waals surface area contributed by atoms with E-state index < -0.39 is 83.3 Å². The number of fused-ring (bicyclic) bond motifs is 1. The molecule has 3 rings (SSSR count). The second-order valence-corrected chi connectivity index (χ2v) is 11.6. The van der Waals surface area contributed by atoms with Crippen LogP contribution in [-0.4, -0.2) is 93.1 Å². The minimum Gasteiger partial charge on any atom is -0.508 e. The van der Waals surface area contributed by atoms with Gasteiger partial charge < -0.3 is 47.6 Å². The molecule has 2 aromatic carbocycles. The first-order chi connectivity index (χ1) is 22.2. The van der Waals surface area contributed by atoms with E-state index in [1.165, 1.54) is 30.3 Å². The molecule has 2 aromatic rings. The van der Waals surface area contributed by atoms with Crippen LogP contribution in [0, 0.1) is 13.7 Å². The number of non-ortho nitro benzene ring substituents is 1. The number of aromatic hydroxyl groups is 1. The number of nitrogens with two attached hydrogens (primary N) is 1. The molecule has 19 heteroatoms. The molecule has 1 aliphatic heterocycles. The van der Waals surface area contributed by atoms with Gasteiger partial charge in [-0.3, -0.25) is 38.9 Å². The van der Waals surface area contributed by atoms with E-state index >= 15 is 0 Å². The molecule has 252 valence electrons. The Morgan fingerprint density at radius 3 is 2.32 bits per heavy atom. The molecule has 5 amide bonds. The lowest BCUT2D eigenvalue weighted by Crippen LogP contribution is -2.59. The quantitative estimate of drug-likeness (QED) is 0.0831. The van der Waals surface area contributed by atoms with E-state index in [0.29, 0.717) is 5.56 Å². The zero-order valence-electron chi connectivity index (χ0n) is 24.5. The summed E-state index contributed by atoms with van der Waals surface area (Å²) in [7, 11) is 0.